The third-order valence-corrected chi connectivity index (χ3v) is 8.01. The summed E-state index contributed by atoms with van der Waals surface area (Å²) in [4.78, 5) is 39.5. The summed E-state index contributed by atoms with van der Waals surface area (Å²) in [5, 5.41) is 12.7. The SMILES string of the molecule is CCC1(C(=O)O)CCCN1C(=O)CC(NC(=O)OCC1c2ccccc2-c2ccccc21)C1CC1. The molecule has 1 saturated carbocycles. The van der Waals surface area contributed by atoms with E-state index in [1.54, 1.807) is 0 Å². The van der Waals surface area contributed by atoms with E-state index in [0.717, 1.165) is 24.0 Å². The van der Waals surface area contributed by atoms with Crippen LogP contribution in [0.4, 0.5) is 4.79 Å². The lowest BCUT2D eigenvalue weighted by Gasteiger charge is -2.35. The normalized spacial score (nSPS) is 21.8. The summed E-state index contributed by atoms with van der Waals surface area (Å²) in [5.41, 5.74) is 3.50. The van der Waals surface area contributed by atoms with E-state index in [1.807, 2.05) is 31.2 Å². The smallest absolute Gasteiger partial charge is 0.407 e. The molecule has 2 amide bonds. The van der Waals surface area contributed by atoms with Gasteiger partial charge in [0.2, 0.25) is 5.91 Å². The Hall–Kier alpha value is -3.35. The zero-order chi connectivity index (χ0) is 24.6. The predicted molar refractivity (Wildman–Crippen MR) is 131 cm³/mol. The van der Waals surface area contributed by atoms with E-state index >= 15 is 0 Å². The standard InChI is InChI=1S/C28H32N2O5/c1-2-28(26(32)33)14-7-15-30(28)25(31)16-24(18-12-13-18)29-27(34)35-17-23-21-10-5-3-8-19(21)20-9-4-6-11-22(20)23/h3-6,8-11,18,23-24H,2,7,12-17H2,1H3,(H,29,34)(H,32,33). The maximum absolute atomic E-state index is 13.2. The molecule has 0 spiro atoms. The minimum absolute atomic E-state index is 0.0282. The summed E-state index contributed by atoms with van der Waals surface area (Å²) in [6.07, 6.45) is 2.99. The number of hydrogen-bond acceptors (Lipinski definition) is 4. The average Bonchev–Trinajstić information content (AvgIpc) is 3.53. The summed E-state index contributed by atoms with van der Waals surface area (Å²) < 4.78 is 5.69. The van der Waals surface area contributed by atoms with Gasteiger partial charge in [0.1, 0.15) is 12.1 Å². The topological polar surface area (TPSA) is 95.9 Å². The van der Waals surface area contributed by atoms with Crippen molar-refractivity contribution in [2.75, 3.05) is 13.2 Å². The largest absolute Gasteiger partial charge is 0.479 e. The van der Waals surface area contributed by atoms with Crippen molar-refractivity contribution in [3.63, 3.8) is 0 Å². The van der Waals surface area contributed by atoms with Crippen molar-refractivity contribution in [1.82, 2.24) is 10.2 Å². The summed E-state index contributed by atoms with van der Waals surface area (Å²) >= 11 is 0. The fraction of sp³-hybridized carbons (Fsp3) is 0.464. The molecule has 2 aromatic carbocycles. The first-order valence-corrected chi connectivity index (χ1v) is 12.6. The second-order valence-corrected chi connectivity index (χ2v) is 9.96. The third-order valence-electron chi connectivity index (χ3n) is 8.01. The van der Waals surface area contributed by atoms with Gasteiger partial charge in [-0.1, -0.05) is 55.5 Å². The monoisotopic (exact) mass is 476 g/mol. The predicted octanol–water partition coefficient (Wildman–Crippen LogP) is 4.55. The molecule has 3 aliphatic rings. The Balaban J connectivity index is 1.23. The van der Waals surface area contributed by atoms with Gasteiger partial charge in [0, 0.05) is 24.9 Å². The molecule has 2 N–H and O–H groups in total. The highest BCUT2D eigenvalue weighted by Crippen LogP contribution is 2.44. The van der Waals surface area contributed by atoms with Gasteiger partial charge >= 0.3 is 12.1 Å². The van der Waals surface area contributed by atoms with Crippen LogP contribution in [-0.4, -0.2) is 52.7 Å². The fourth-order valence-electron chi connectivity index (χ4n) is 5.91. The zero-order valence-electron chi connectivity index (χ0n) is 20.0. The molecule has 1 heterocycles. The average molecular weight is 477 g/mol. The second kappa shape index (κ2) is 9.36. The molecule has 0 bridgehead atoms. The van der Waals surface area contributed by atoms with Gasteiger partial charge in [0.15, 0.2) is 0 Å². The molecule has 184 valence electrons. The molecule has 2 aliphatic carbocycles. The number of alkyl carbamates (subject to hydrolysis) is 1. The minimum Gasteiger partial charge on any atom is -0.479 e. The maximum atomic E-state index is 13.2. The second-order valence-electron chi connectivity index (χ2n) is 9.96. The molecule has 1 saturated heterocycles. The van der Waals surface area contributed by atoms with Gasteiger partial charge in [-0.2, -0.15) is 0 Å². The van der Waals surface area contributed by atoms with Gasteiger partial charge in [-0.25, -0.2) is 9.59 Å². The molecule has 0 aromatic heterocycles. The van der Waals surface area contributed by atoms with Crippen LogP contribution < -0.4 is 5.32 Å². The lowest BCUT2D eigenvalue weighted by Crippen LogP contribution is -2.54. The molecule has 0 radical (unpaired) electrons. The Labute approximate surface area is 205 Å². The Morgan fingerprint density at radius 1 is 1.09 bits per heavy atom. The number of carbonyl (C=O) groups excluding carboxylic acids is 2. The van der Waals surface area contributed by atoms with Crippen molar-refractivity contribution >= 4 is 18.0 Å². The van der Waals surface area contributed by atoms with Crippen molar-refractivity contribution < 1.29 is 24.2 Å². The van der Waals surface area contributed by atoms with E-state index in [4.69, 9.17) is 4.74 Å². The van der Waals surface area contributed by atoms with E-state index in [-0.39, 0.29) is 36.8 Å². The van der Waals surface area contributed by atoms with Crippen molar-refractivity contribution in [2.24, 2.45) is 5.92 Å². The number of carboxylic acids is 1. The first kappa shape index (κ1) is 23.4. The Bertz CT molecular complexity index is 1100. The number of rotatable bonds is 8. The van der Waals surface area contributed by atoms with E-state index in [9.17, 15) is 19.5 Å². The molecule has 2 fully saturated rings. The number of amides is 2. The summed E-state index contributed by atoms with van der Waals surface area (Å²) in [5.74, 6) is -0.955. The molecular formula is C28H32N2O5. The Kier molecular flexibility index (Phi) is 6.26. The first-order chi connectivity index (χ1) is 16.9. The van der Waals surface area contributed by atoms with E-state index in [1.165, 1.54) is 16.0 Å². The van der Waals surface area contributed by atoms with Crippen LogP contribution in [0.5, 0.6) is 0 Å². The van der Waals surface area contributed by atoms with Crippen LogP contribution in [-0.2, 0) is 14.3 Å². The summed E-state index contributed by atoms with van der Waals surface area (Å²) in [6.45, 7) is 2.48. The van der Waals surface area contributed by atoms with E-state index in [2.05, 4.69) is 29.6 Å². The molecule has 1 aliphatic heterocycles. The quantitative estimate of drug-likeness (QED) is 0.583. The molecule has 35 heavy (non-hydrogen) atoms. The number of hydrogen-bond donors (Lipinski definition) is 2. The number of carboxylic acid groups (broad SMARTS) is 1. The third kappa shape index (κ3) is 4.28. The lowest BCUT2D eigenvalue weighted by atomic mass is 9.92. The molecular weight excluding hydrogens is 444 g/mol. The van der Waals surface area contributed by atoms with Crippen molar-refractivity contribution in [2.45, 2.75) is 62.9 Å². The van der Waals surface area contributed by atoms with Crippen molar-refractivity contribution in [1.29, 1.82) is 0 Å². The van der Waals surface area contributed by atoms with Crippen LogP contribution in [0.2, 0.25) is 0 Å². The fourth-order valence-corrected chi connectivity index (χ4v) is 5.91. The highest BCUT2D eigenvalue weighted by atomic mass is 16.5. The minimum atomic E-state index is -1.13. The van der Waals surface area contributed by atoms with Crippen LogP contribution in [0.15, 0.2) is 48.5 Å². The molecule has 7 heteroatoms. The van der Waals surface area contributed by atoms with Gasteiger partial charge in [0.05, 0.1) is 0 Å². The van der Waals surface area contributed by atoms with Gasteiger partial charge < -0.3 is 20.1 Å². The lowest BCUT2D eigenvalue weighted by molar-refractivity contribution is -0.157. The number of fused-ring (bicyclic) bond motifs is 3. The first-order valence-electron chi connectivity index (χ1n) is 12.6. The number of ether oxygens (including phenoxy) is 1. The maximum Gasteiger partial charge on any atom is 0.407 e. The number of benzene rings is 2. The van der Waals surface area contributed by atoms with Crippen LogP contribution in [0.25, 0.3) is 11.1 Å². The molecule has 2 unspecified atom stereocenters. The molecule has 2 aromatic rings. The van der Waals surface area contributed by atoms with E-state index < -0.39 is 17.6 Å². The van der Waals surface area contributed by atoms with Crippen molar-refractivity contribution in [3.8, 4) is 11.1 Å². The number of aliphatic carboxylic acids is 1. The van der Waals surface area contributed by atoms with Crippen LogP contribution in [0.3, 0.4) is 0 Å². The summed E-state index contributed by atoms with van der Waals surface area (Å²) in [7, 11) is 0. The van der Waals surface area contributed by atoms with Crippen LogP contribution >= 0.6 is 0 Å². The van der Waals surface area contributed by atoms with Crippen LogP contribution in [0.1, 0.15) is 62.5 Å². The number of nitrogens with zero attached hydrogens (tertiary/aromatic N) is 1. The van der Waals surface area contributed by atoms with E-state index in [0.29, 0.717) is 25.8 Å². The molecule has 7 nitrogen and oxygen atoms in total. The van der Waals surface area contributed by atoms with Gasteiger partial charge in [0.25, 0.3) is 0 Å². The van der Waals surface area contributed by atoms with Crippen LogP contribution in [0, 0.1) is 5.92 Å². The molecule has 2 atom stereocenters. The van der Waals surface area contributed by atoms with Gasteiger partial charge in [-0.15, -0.1) is 0 Å². The van der Waals surface area contributed by atoms with Gasteiger partial charge in [-0.3, -0.25) is 4.79 Å². The summed E-state index contributed by atoms with van der Waals surface area (Å²) in [6, 6.07) is 16.0. The number of likely N-dealkylation sites (tertiary alicyclic amines) is 1. The highest BCUT2D eigenvalue weighted by molar-refractivity contribution is 5.88. The number of nitrogens with one attached hydrogen (secondary N) is 1. The highest BCUT2D eigenvalue weighted by Gasteiger charge is 2.49. The zero-order valence-corrected chi connectivity index (χ0v) is 20.0. The van der Waals surface area contributed by atoms with Gasteiger partial charge in [-0.05, 0) is 60.3 Å². The number of carbonyl (C=O) groups is 3. The van der Waals surface area contributed by atoms with Crippen molar-refractivity contribution in [3.05, 3.63) is 59.7 Å². The Morgan fingerprint density at radius 3 is 2.29 bits per heavy atom. The molecule has 5 rings (SSSR count). The Morgan fingerprint density at radius 2 is 1.71 bits per heavy atom.